The summed E-state index contributed by atoms with van der Waals surface area (Å²) in [6.07, 6.45) is 1.37. The van der Waals surface area contributed by atoms with Crippen LogP contribution in [0.5, 0.6) is 17.2 Å². The van der Waals surface area contributed by atoms with Gasteiger partial charge in [0.1, 0.15) is 17.4 Å². The lowest BCUT2D eigenvalue weighted by Gasteiger charge is -2.14. The van der Waals surface area contributed by atoms with E-state index in [9.17, 15) is 10.1 Å². The number of benzene rings is 2. The number of nitrogens with one attached hydrogen (secondary N) is 2. The Labute approximate surface area is 157 Å². The van der Waals surface area contributed by atoms with E-state index in [1.807, 2.05) is 37.3 Å². The molecule has 7 nitrogen and oxygen atoms in total. The van der Waals surface area contributed by atoms with Gasteiger partial charge in [0, 0.05) is 18.0 Å². The predicted molar refractivity (Wildman–Crippen MR) is 99.4 cm³/mol. The fourth-order valence-corrected chi connectivity index (χ4v) is 2.54. The second-order valence-corrected chi connectivity index (χ2v) is 5.85. The van der Waals surface area contributed by atoms with Crippen LogP contribution in [-0.2, 0) is 4.79 Å². The molecule has 0 radical (unpaired) electrons. The van der Waals surface area contributed by atoms with E-state index in [1.54, 1.807) is 25.3 Å². The molecular formula is C20H19N3O4. The number of carbonyl (C=O) groups is 1. The van der Waals surface area contributed by atoms with Gasteiger partial charge in [-0.3, -0.25) is 4.79 Å². The van der Waals surface area contributed by atoms with E-state index in [4.69, 9.17) is 14.2 Å². The minimum absolute atomic E-state index is 0.0342. The maximum atomic E-state index is 12.4. The Bertz CT molecular complexity index is 900. The Morgan fingerprint density at radius 3 is 2.67 bits per heavy atom. The Balaban J connectivity index is 1.64. The van der Waals surface area contributed by atoms with Crippen LogP contribution >= 0.6 is 0 Å². The highest BCUT2D eigenvalue weighted by atomic mass is 16.7. The number of anilines is 1. The van der Waals surface area contributed by atoms with E-state index in [0.717, 1.165) is 11.3 Å². The average molecular weight is 365 g/mol. The molecule has 0 bridgehead atoms. The molecule has 1 aliphatic rings. The first kappa shape index (κ1) is 18.1. The molecule has 0 aromatic heterocycles. The summed E-state index contributed by atoms with van der Waals surface area (Å²) in [7, 11) is 1.59. The zero-order valence-corrected chi connectivity index (χ0v) is 15.0. The van der Waals surface area contributed by atoms with Crippen LogP contribution in [0.2, 0.25) is 0 Å². The summed E-state index contributed by atoms with van der Waals surface area (Å²) >= 11 is 0. The molecule has 7 heteroatoms. The van der Waals surface area contributed by atoms with Gasteiger partial charge in [0.2, 0.25) is 6.79 Å². The first-order valence-corrected chi connectivity index (χ1v) is 8.32. The van der Waals surface area contributed by atoms with Crippen LogP contribution in [0.1, 0.15) is 18.5 Å². The van der Waals surface area contributed by atoms with Crippen LogP contribution in [-0.4, -0.2) is 19.8 Å². The minimum atomic E-state index is -0.464. The van der Waals surface area contributed by atoms with Gasteiger partial charge in [0.25, 0.3) is 5.91 Å². The summed E-state index contributed by atoms with van der Waals surface area (Å²) in [6.45, 7) is 2.03. The number of nitrogens with zero attached hydrogens (tertiary/aromatic N) is 1. The smallest absolute Gasteiger partial charge is 0.263 e. The van der Waals surface area contributed by atoms with Crippen molar-refractivity contribution in [1.82, 2.24) is 5.32 Å². The number of amides is 1. The number of nitriles is 1. The van der Waals surface area contributed by atoms with Crippen LogP contribution in [0.4, 0.5) is 5.69 Å². The van der Waals surface area contributed by atoms with Gasteiger partial charge in [-0.1, -0.05) is 12.1 Å². The summed E-state index contributed by atoms with van der Waals surface area (Å²) in [5.41, 5.74) is 1.56. The van der Waals surface area contributed by atoms with Crippen molar-refractivity contribution in [2.75, 3.05) is 19.2 Å². The molecular weight excluding hydrogens is 346 g/mol. The average Bonchev–Trinajstić information content (AvgIpc) is 3.16. The molecule has 1 aliphatic heterocycles. The van der Waals surface area contributed by atoms with Crippen molar-refractivity contribution in [2.24, 2.45) is 0 Å². The van der Waals surface area contributed by atoms with Crippen molar-refractivity contribution in [1.29, 1.82) is 5.26 Å². The van der Waals surface area contributed by atoms with E-state index in [-0.39, 0.29) is 18.4 Å². The molecule has 2 aromatic carbocycles. The molecule has 0 saturated heterocycles. The summed E-state index contributed by atoms with van der Waals surface area (Å²) in [5.74, 6) is 1.55. The number of rotatable bonds is 6. The molecule has 2 aromatic rings. The number of hydrogen-bond donors (Lipinski definition) is 2. The van der Waals surface area contributed by atoms with Crippen LogP contribution < -0.4 is 24.8 Å². The molecule has 27 heavy (non-hydrogen) atoms. The van der Waals surface area contributed by atoms with E-state index in [1.165, 1.54) is 6.20 Å². The van der Waals surface area contributed by atoms with E-state index in [0.29, 0.717) is 17.2 Å². The van der Waals surface area contributed by atoms with E-state index >= 15 is 0 Å². The number of hydrogen-bond acceptors (Lipinski definition) is 6. The predicted octanol–water partition coefficient (Wildman–Crippen LogP) is 3.12. The Kier molecular flexibility index (Phi) is 5.47. The molecule has 1 unspecified atom stereocenters. The summed E-state index contributed by atoms with van der Waals surface area (Å²) in [4.78, 5) is 12.4. The zero-order valence-electron chi connectivity index (χ0n) is 15.0. The lowest BCUT2D eigenvalue weighted by Crippen LogP contribution is -2.28. The highest BCUT2D eigenvalue weighted by Gasteiger charge is 2.15. The maximum absolute atomic E-state index is 12.4. The van der Waals surface area contributed by atoms with Crippen molar-refractivity contribution in [3.05, 3.63) is 59.8 Å². The van der Waals surface area contributed by atoms with Gasteiger partial charge in [-0.15, -0.1) is 0 Å². The molecule has 1 atom stereocenters. The topological polar surface area (TPSA) is 92.6 Å². The molecule has 0 spiro atoms. The molecule has 0 fully saturated rings. The van der Waals surface area contributed by atoms with E-state index in [2.05, 4.69) is 10.6 Å². The van der Waals surface area contributed by atoms with Crippen molar-refractivity contribution in [3.8, 4) is 23.3 Å². The molecule has 0 saturated carbocycles. The Hall–Kier alpha value is -3.66. The monoisotopic (exact) mass is 365 g/mol. The summed E-state index contributed by atoms with van der Waals surface area (Å²) in [6, 6.07) is 14.3. The van der Waals surface area contributed by atoms with Gasteiger partial charge >= 0.3 is 0 Å². The highest BCUT2D eigenvalue weighted by Crippen LogP contribution is 2.34. The fraction of sp³-hybridized carbons (Fsp3) is 0.200. The van der Waals surface area contributed by atoms with Crippen molar-refractivity contribution in [3.63, 3.8) is 0 Å². The van der Waals surface area contributed by atoms with Crippen molar-refractivity contribution < 1.29 is 19.0 Å². The standard InChI is InChI=1S/C20H19N3O4/c1-13(14-3-6-17(25-2)7-4-14)23-20(24)15(10-21)11-22-16-5-8-18-19(9-16)27-12-26-18/h3-9,11,13,22H,12H2,1-2H3,(H,23,24)/b15-11-. The highest BCUT2D eigenvalue weighted by molar-refractivity contribution is 5.97. The third-order valence-corrected chi connectivity index (χ3v) is 4.08. The Morgan fingerprint density at radius 2 is 1.96 bits per heavy atom. The fourth-order valence-electron chi connectivity index (χ4n) is 2.54. The van der Waals surface area contributed by atoms with Gasteiger partial charge in [-0.2, -0.15) is 5.26 Å². The summed E-state index contributed by atoms with van der Waals surface area (Å²) in [5, 5.41) is 15.0. The number of fused-ring (bicyclic) bond motifs is 1. The van der Waals surface area contributed by atoms with Gasteiger partial charge in [0.15, 0.2) is 11.5 Å². The normalized spacial score (nSPS) is 13.4. The second-order valence-electron chi connectivity index (χ2n) is 5.85. The largest absolute Gasteiger partial charge is 0.497 e. The van der Waals surface area contributed by atoms with Crippen LogP contribution in [0.25, 0.3) is 0 Å². The molecule has 138 valence electrons. The second kappa shape index (κ2) is 8.15. The third-order valence-electron chi connectivity index (χ3n) is 4.08. The van der Waals surface area contributed by atoms with Gasteiger partial charge in [0.05, 0.1) is 13.2 Å². The lowest BCUT2D eigenvalue weighted by molar-refractivity contribution is -0.117. The van der Waals surface area contributed by atoms with Crippen LogP contribution in [0.3, 0.4) is 0 Å². The number of methoxy groups -OCH3 is 1. The Morgan fingerprint density at radius 1 is 1.22 bits per heavy atom. The maximum Gasteiger partial charge on any atom is 0.263 e. The van der Waals surface area contributed by atoms with Gasteiger partial charge in [-0.25, -0.2) is 0 Å². The molecule has 1 heterocycles. The van der Waals surface area contributed by atoms with Crippen molar-refractivity contribution in [2.45, 2.75) is 13.0 Å². The molecule has 2 N–H and O–H groups in total. The van der Waals surface area contributed by atoms with Gasteiger partial charge in [-0.05, 0) is 36.8 Å². The lowest BCUT2D eigenvalue weighted by atomic mass is 10.1. The number of carbonyl (C=O) groups excluding carboxylic acids is 1. The molecule has 0 aliphatic carbocycles. The SMILES string of the molecule is COc1ccc(C(C)NC(=O)/C(C#N)=C\Nc2ccc3c(c2)OCO3)cc1. The van der Waals surface area contributed by atoms with Crippen molar-refractivity contribution >= 4 is 11.6 Å². The quantitative estimate of drug-likeness (QED) is 0.604. The van der Waals surface area contributed by atoms with Gasteiger partial charge < -0.3 is 24.8 Å². The first-order chi connectivity index (χ1) is 13.1. The van der Waals surface area contributed by atoms with Crippen LogP contribution in [0, 0.1) is 11.3 Å². The van der Waals surface area contributed by atoms with E-state index < -0.39 is 5.91 Å². The minimum Gasteiger partial charge on any atom is -0.497 e. The van der Waals surface area contributed by atoms with Crippen LogP contribution in [0.15, 0.2) is 54.2 Å². The zero-order chi connectivity index (χ0) is 19.2. The summed E-state index contributed by atoms with van der Waals surface area (Å²) < 4.78 is 15.7. The number of ether oxygens (including phenoxy) is 3. The first-order valence-electron chi connectivity index (χ1n) is 8.32. The molecule has 1 amide bonds. The molecule has 3 rings (SSSR count). The third kappa shape index (κ3) is 4.30.